The van der Waals surface area contributed by atoms with Gasteiger partial charge < -0.3 is 15.4 Å². The lowest BCUT2D eigenvalue weighted by Gasteiger charge is -2.26. The highest BCUT2D eigenvalue weighted by atomic mass is 32.2. The number of thiophene rings is 1. The molecule has 7 nitrogen and oxygen atoms in total. The summed E-state index contributed by atoms with van der Waals surface area (Å²) >= 11 is 3.00. The van der Waals surface area contributed by atoms with E-state index in [4.69, 9.17) is 4.74 Å². The number of carbonyl (C=O) groups excluding carboxylic acids is 2. The number of esters is 1. The molecule has 0 saturated heterocycles. The molecule has 9 heteroatoms. The predicted octanol–water partition coefficient (Wildman–Crippen LogP) is 2.30. The zero-order valence-electron chi connectivity index (χ0n) is 13.2. The van der Waals surface area contributed by atoms with Gasteiger partial charge in [0.2, 0.25) is 0 Å². The Balaban J connectivity index is 1.87. The summed E-state index contributed by atoms with van der Waals surface area (Å²) in [7, 11) is 0. The molecule has 0 bridgehead atoms. The van der Waals surface area contributed by atoms with Crippen molar-refractivity contribution in [2.75, 3.05) is 12.4 Å². The van der Waals surface area contributed by atoms with Crippen molar-refractivity contribution in [2.45, 2.75) is 24.9 Å². The van der Waals surface area contributed by atoms with Crippen molar-refractivity contribution in [2.24, 2.45) is 0 Å². The van der Waals surface area contributed by atoms with E-state index in [-0.39, 0.29) is 12.6 Å². The summed E-state index contributed by atoms with van der Waals surface area (Å²) in [5.74, 6) is -0.00935. The van der Waals surface area contributed by atoms with Gasteiger partial charge in [0.15, 0.2) is 0 Å². The number of carbonyl (C=O) groups is 2. The van der Waals surface area contributed by atoms with Crippen molar-refractivity contribution < 1.29 is 14.3 Å². The molecule has 0 radical (unpaired) electrons. The number of ether oxygens (including phenoxy) is 1. The minimum atomic E-state index is -0.420. The van der Waals surface area contributed by atoms with E-state index in [0.717, 1.165) is 15.2 Å². The number of hydrogen-bond acceptors (Lipinski definition) is 7. The Bertz CT molecular complexity index is 818. The minimum absolute atomic E-state index is 0.283. The fraction of sp³-hybridized carbons (Fsp3) is 0.333. The van der Waals surface area contributed by atoms with Gasteiger partial charge in [0.1, 0.15) is 16.2 Å². The van der Waals surface area contributed by atoms with Crippen molar-refractivity contribution in [1.29, 1.82) is 0 Å². The molecule has 0 aliphatic carbocycles. The van der Waals surface area contributed by atoms with E-state index in [9.17, 15) is 9.59 Å². The molecule has 1 atom stereocenters. The molecule has 0 spiro atoms. The lowest BCUT2D eigenvalue weighted by atomic mass is 10.1. The van der Waals surface area contributed by atoms with Crippen LogP contribution in [0.5, 0.6) is 0 Å². The summed E-state index contributed by atoms with van der Waals surface area (Å²) in [5.41, 5.74) is 0.997. The summed E-state index contributed by atoms with van der Waals surface area (Å²) in [6, 6.07) is 1.24. The van der Waals surface area contributed by atoms with Gasteiger partial charge in [0, 0.05) is 16.8 Å². The second-order valence-electron chi connectivity index (χ2n) is 5.04. The number of fused-ring (bicyclic) bond motifs is 1. The van der Waals surface area contributed by atoms with E-state index < -0.39 is 12.0 Å². The SMILES string of the molecule is CCOC(=O)C1=C(CSc2ncnc3sccc23)NC(=O)N[C@H]1C. The smallest absolute Gasteiger partial charge is 0.337 e. The quantitative estimate of drug-likeness (QED) is 0.480. The Kier molecular flexibility index (Phi) is 5.00. The van der Waals surface area contributed by atoms with E-state index in [1.807, 2.05) is 11.4 Å². The van der Waals surface area contributed by atoms with Crippen LogP contribution >= 0.6 is 23.1 Å². The van der Waals surface area contributed by atoms with Gasteiger partial charge in [-0.25, -0.2) is 19.6 Å². The molecule has 2 N–H and O–H groups in total. The maximum absolute atomic E-state index is 12.2. The highest BCUT2D eigenvalue weighted by molar-refractivity contribution is 7.99. The average Bonchev–Trinajstić information content (AvgIpc) is 3.01. The topological polar surface area (TPSA) is 93.2 Å². The molecule has 1 aliphatic rings. The summed E-state index contributed by atoms with van der Waals surface area (Å²) in [6.45, 7) is 3.79. The molecule has 3 rings (SSSR count). The van der Waals surface area contributed by atoms with Gasteiger partial charge in [-0.3, -0.25) is 0 Å². The lowest BCUT2D eigenvalue weighted by Crippen LogP contribution is -2.49. The Morgan fingerprint density at radius 3 is 3.08 bits per heavy atom. The van der Waals surface area contributed by atoms with Crippen LogP contribution in [0.3, 0.4) is 0 Å². The molecular weight excluding hydrogens is 348 g/mol. The first-order valence-corrected chi connectivity index (χ1v) is 9.25. The molecular formula is C15H16N4O3S2. The molecule has 0 aromatic carbocycles. The number of hydrogen-bond donors (Lipinski definition) is 2. The Morgan fingerprint density at radius 1 is 1.46 bits per heavy atom. The van der Waals surface area contributed by atoms with E-state index in [0.29, 0.717) is 17.0 Å². The lowest BCUT2D eigenvalue weighted by molar-refractivity contribution is -0.138. The maximum atomic E-state index is 12.2. The second-order valence-corrected chi connectivity index (χ2v) is 6.90. The first-order valence-electron chi connectivity index (χ1n) is 7.38. The van der Waals surface area contributed by atoms with Crippen LogP contribution in [-0.2, 0) is 9.53 Å². The molecule has 0 unspecified atom stereocenters. The van der Waals surface area contributed by atoms with Crippen LogP contribution in [0.2, 0.25) is 0 Å². The predicted molar refractivity (Wildman–Crippen MR) is 92.9 cm³/mol. The third-order valence-corrected chi connectivity index (χ3v) is 5.30. The molecule has 2 aromatic heterocycles. The number of rotatable bonds is 5. The van der Waals surface area contributed by atoms with E-state index in [1.54, 1.807) is 25.2 Å². The summed E-state index contributed by atoms with van der Waals surface area (Å²) in [6.07, 6.45) is 1.52. The van der Waals surface area contributed by atoms with Crippen molar-refractivity contribution in [1.82, 2.24) is 20.6 Å². The molecule has 2 aromatic rings. The number of urea groups is 1. The summed E-state index contributed by atoms with van der Waals surface area (Å²) in [4.78, 5) is 33.4. The van der Waals surface area contributed by atoms with Crippen LogP contribution in [0.4, 0.5) is 4.79 Å². The first-order chi connectivity index (χ1) is 11.6. The van der Waals surface area contributed by atoms with E-state index in [2.05, 4.69) is 20.6 Å². The number of amides is 2. The Morgan fingerprint density at radius 2 is 2.29 bits per heavy atom. The second kappa shape index (κ2) is 7.18. The normalized spacial score (nSPS) is 17.6. The van der Waals surface area contributed by atoms with Gasteiger partial charge in [-0.2, -0.15) is 0 Å². The van der Waals surface area contributed by atoms with Crippen molar-refractivity contribution in [3.05, 3.63) is 29.0 Å². The van der Waals surface area contributed by atoms with Crippen LogP contribution < -0.4 is 10.6 Å². The number of nitrogens with one attached hydrogen (secondary N) is 2. The van der Waals surface area contributed by atoms with Crippen molar-refractivity contribution >= 4 is 45.3 Å². The molecule has 0 fully saturated rings. The maximum Gasteiger partial charge on any atom is 0.337 e. The van der Waals surface area contributed by atoms with Gasteiger partial charge in [-0.15, -0.1) is 11.3 Å². The van der Waals surface area contributed by atoms with Crippen LogP contribution in [0.15, 0.2) is 34.1 Å². The van der Waals surface area contributed by atoms with Gasteiger partial charge in [-0.1, -0.05) is 11.8 Å². The highest BCUT2D eigenvalue weighted by Gasteiger charge is 2.29. The van der Waals surface area contributed by atoms with Crippen molar-refractivity contribution in [3.8, 4) is 0 Å². The Hall–Kier alpha value is -2.13. The van der Waals surface area contributed by atoms with Gasteiger partial charge in [0.25, 0.3) is 0 Å². The standard InChI is InChI=1S/C15H16N4O3S2/c1-3-22-14(20)11-8(2)18-15(21)19-10(11)6-24-13-9-4-5-23-12(9)16-7-17-13/h4-5,7-8H,3,6H2,1-2H3,(H2,18,19,21)/t8-/m0/s1. The number of thioether (sulfide) groups is 1. The average molecular weight is 364 g/mol. The zero-order valence-corrected chi connectivity index (χ0v) is 14.8. The molecule has 24 heavy (non-hydrogen) atoms. The number of aromatic nitrogens is 2. The molecule has 0 saturated carbocycles. The van der Waals surface area contributed by atoms with Gasteiger partial charge in [-0.05, 0) is 25.3 Å². The minimum Gasteiger partial charge on any atom is -0.463 e. The monoisotopic (exact) mass is 364 g/mol. The number of nitrogens with zero attached hydrogens (tertiary/aromatic N) is 2. The fourth-order valence-electron chi connectivity index (χ4n) is 2.42. The van der Waals surface area contributed by atoms with E-state index >= 15 is 0 Å². The molecule has 126 valence electrons. The fourth-order valence-corrected chi connectivity index (χ4v) is 4.16. The van der Waals surface area contributed by atoms with Crippen molar-refractivity contribution in [3.63, 3.8) is 0 Å². The highest BCUT2D eigenvalue weighted by Crippen LogP contribution is 2.29. The van der Waals surface area contributed by atoms with Gasteiger partial charge >= 0.3 is 12.0 Å². The molecule has 3 heterocycles. The third kappa shape index (κ3) is 3.36. The largest absolute Gasteiger partial charge is 0.463 e. The zero-order chi connectivity index (χ0) is 17.1. The van der Waals surface area contributed by atoms with Crippen LogP contribution in [0.25, 0.3) is 10.2 Å². The Labute approximate surface area is 146 Å². The summed E-state index contributed by atoms with van der Waals surface area (Å²) < 4.78 is 5.11. The summed E-state index contributed by atoms with van der Waals surface area (Å²) in [5, 5.41) is 9.14. The van der Waals surface area contributed by atoms with Crippen LogP contribution in [0, 0.1) is 0 Å². The molecule has 2 amide bonds. The van der Waals surface area contributed by atoms with E-state index in [1.165, 1.54) is 18.1 Å². The third-order valence-electron chi connectivity index (χ3n) is 3.44. The van der Waals surface area contributed by atoms with Gasteiger partial charge in [0.05, 0.1) is 18.2 Å². The van der Waals surface area contributed by atoms with Crippen LogP contribution in [0.1, 0.15) is 13.8 Å². The van der Waals surface area contributed by atoms with Crippen LogP contribution in [-0.4, -0.2) is 40.4 Å². The molecule has 1 aliphatic heterocycles. The first kappa shape index (κ1) is 16.7.